The van der Waals surface area contributed by atoms with Gasteiger partial charge in [0.2, 0.25) is 0 Å². The summed E-state index contributed by atoms with van der Waals surface area (Å²) in [7, 11) is 0. The molecule has 25 heavy (non-hydrogen) atoms. The van der Waals surface area contributed by atoms with Crippen molar-refractivity contribution in [3.63, 3.8) is 0 Å². The Hall–Kier alpha value is -2.11. The topological polar surface area (TPSA) is 50.4 Å². The number of thiocarbonyl (C=S) groups is 1. The smallest absolute Gasteiger partial charge is 0.257 e. The quantitative estimate of drug-likeness (QED) is 0.704. The van der Waals surface area contributed by atoms with E-state index in [1.54, 1.807) is 36.4 Å². The van der Waals surface area contributed by atoms with Crippen LogP contribution in [0.25, 0.3) is 0 Å². The molecule has 0 heterocycles. The van der Waals surface area contributed by atoms with Gasteiger partial charge in [-0.05, 0) is 61.0 Å². The van der Waals surface area contributed by atoms with Gasteiger partial charge in [-0.25, -0.2) is 0 Å². The minimum Gasteiger partial charge on any atom is -0.494 e. The van der Waals surface area contributed by atoms with Gasteiger partial charge in [-0.3, -0.25) is 10.1 Å². The van der Waals surface area contributed by atoms with Crippen molar-refractivity contribution >= 4 is 40.5 Å². The predicted octanol–water partition coefficient (Wildman–Crippen LogP) is 4.89. The van der Waals surface area contributed by atoms with Gasteiger partial charge in [0.25, 0.3) is 5.91 Å². The zero-order valence-electron chi connectivity index (χ0n) is 14.2. The Kier molecular flexibility index (Phi) is 7.22. The lowest BCUT2D eigenvalue weighted by Crippen LogP contribution is -2.34. The Bertz CT molecular complexity index is 750. The SMILES string of the molecule is CC(C)CCOc1cccc(C(=O)NC(=S)Nc2cccc(Cl)c2)c1. The molecule has 4 nitrogen and oxygen atoms in total. The molecule has 0 aliphatic rings. The van der Waals surface area contributed by atoms with E-state index in [2.05, 4.69) is 24.5 Å². The number of benzene rings is 2. The highest BCUT2D eigenvalue weighted by molar-refractivity contribution is 7.80. The highest BCUT2D eigenvalue weighted by atomic mass is 35.5. The molecule has 6 heteroatoms. The highest BCUT2D eigenvalue weighted by Gasteiger charge is 2.09. The summed E-state index contributed by atoms with van der Waals surface area (Å²) >= 11 is 11.1. The normalized spacial score (nSPS) is 10.4. The number of carbonyl (C=O) groups excluding carboxylic acids is 1. The summed E-state index contributed by atoms with van der Waals surface area (Å²) in [5, 5.41) is 6.37. The molecule has 0 radical (unpaired) electrons. The van der Waals surface area contributed by atoms with Gasteiger partial charge < -0.3 is 10.1 Å². The zero-order valence-corrected chi connectivity index (χ0v) is 15.8. The molecule has 1 amide bonds. The average Bonchev–Trinajstić information content (AvgIpc) is 2.54. The maximum atomic E-state index is 12.3. The van der Waals surface area contributed by atoms with Gasteiger partial charge in [-0.15, -0.1) is 0 Å². The highest BCUT2D eigenvalue weighted by Crippen LogP contribution is 2.16. The molecule has 0 saturated carbocycles. The monoisotopic (exact) mass is 376 g/mol. The minimum absolute atomic E-state index is 0.207. The second-order valence-electron chi connectivity index (χ2n) is 5.98. The fraction of sp³-hybridized carbons (Fsp3) is 0.263. The Balaban J connectivity index is 1.92. The molecule has 0 spiro atoms. The van der Waals surface area contributed by atoms with E-state index in [0.717, 1.165) is 6.42 Å². The van der Waals surface area contributed by atoms with Gasteiger partial charge in [0.1, 0.15) is 5.75 Å². The Morgan fingerprint density at radius 1 is 1.20 bits per heavy atom. The first kappa shape index (κ1) is 19.2. The molecule has 2 N–H and O–H groups in total. The van der Waals surface area contributed by atoms with Crippen molar-refractivity contribution in [2.75, 3.05) is 11.9 Å². The summed E-state index contributed by atoms with van der Waals surface area (Å²) in [5.41, 5.74) is 1.20. The molecule has 0 aliphatic heterocycles. The molecular weight excluding hydrogens is 356 g/mol. The number of rotatable bonds is 6. The first-order valence-corrected chi connectivity index (χ1v) is 8.83. The van der Waals surface area contributed by atoms with Crippen LogP contribution in [0.4, 0.5) is 5.69 Å². The third-order valence-corrected chi connectivity index (χ3v) is 3.81. The first-order valence-electron chi connectivity index (χ1n) is 8.05. The molecule has 2 aromatic carbocycles. The van der Waals surface area contributed by atoms with E-state index in [1.807, 2.05) is 12.1 Å². The Morgan fingerprint density at radius 2 is 1.96 bits per heavy atom. The fourth-order valence-corrected chi connectivity index (χ4v) is 2.44. The summed E-state index contributed by atoms with van der Waals surface area (Å²) in [6, 6.07) is 14.1. The van der Waals surface area contributed by atoms with Crippen LogP contribution in [-0.4, -0.2) is 17.6 Å². The second kappa shape index (κ2) is 9.39. The number of hydrogen-bond acceptors (Lipinski definition) is 3. The van der Waals surface area contributed by atoms with Crippen molar-refractivity contribution in [1.29, 1.82) is 0 Å². The van der Waals surface area contributed by atoms with Crippen molar-refractivity contribution in [1.82, 2.24) is 5.32 Å². The molecular formula is C19H21ClN2O2S. The number of carbonyl (C=O) groups is 1. The van der Waals surface area contributed by atoms with Crippen molar-refractivity contribution in [2.24, 2.45) is 5.92 Å². The van der Waals surface area contributed by atoms with Crippen molar-refractivity contribution in [3.05, 3.63) is 59.1 Å². The first-order chi connectivity index (χ1) is 11.9. The molecule has 2 aromatic rings. The average molecular weight is 377 g/mol. The van der Waals surface area contributed by atoms with E-state index in [4.69, 9.17) is 28.6 Å². The van der Waals surface area contributed by atoms with Crippen molar-refractivity contribution in [2.45, 2.75) is 20.3 Å². The summed E-state index contributed by atoms with van der Waals surface area (Å²) < 4.78 is 5.68. The Labute approximate surface area is 158 Å². The zero-order chi connectivity index (χ0) is 18.2. The van der Waals surface area contributed by atoms with Crippen LogP contribution in [0.1, 0.15) is 30.6 Å². The maximum absolute atomic E-state index is 12.3. The van der Waals surface area contributed by atoms with Crippen LogP contribution < -0.4 is 15.4 Å². The summed E-state index contributed by atoms with van der Waals surface area (Å²) in [6.07, 6.45) is 0.962. The van der Waals surface area contributed by atoms with E-state index in [9.17, 15) is 4.79 Å². The van der Waals surface area contributed by atoms with E-state index in [0.29, 0.717) is 34.5 Å². The maximum Gasteiger partial charge on any atom is 0.257 e. The van der Waals surface area contributed by atoms with Crippen LogP contribution >= 0.6 is 23.8 Å². The molecule has 0 aliphatic carbocycles. The molecule has 0 bridgehead atoms. The third-order valence-electron chi connectivity index (χ3n) is 3.37. The lowest BCUT2D eigenvalue weighted by Gasteiger charge is -2.11. The largest absolute Gasteiger partial charge is 0.494 e. The van der Waals surface area contributed by atoms with E-state index >= 15 is 0 Å². The number of nitrogens with one attached hydrogen (secondary N) is 2. The summed E-state index contributed by atoms with van der Waals surface area (Å²) in [5.74, 6) is 0.942. The van der Waals surface area contributed by atoms with E-state index in [1.165, 1.54) is 0 Å². The van der Waals surface area contributed by atoms with Crippen LogP contribution in [0.2, 0.25) is 5.02 Å². The standard InChI is InChI=1S/C19H21ClN2O2S/c1-13(2)9-10-24-17-8-3-5-14(11-17)18(23)22-19(25)21-16-7-4-6-15(20)12-16/h3-8,11-13H,9-10H2,1-2H3,(H2,21,22,23,25). The second-order valence-corrected chi connectivity index (χ2v) is 6.82. The van der Waals surface area contributed by atoms with Gasteiger partial charge >= 0.3 is 0 Å². The number of anilines is 1. The number of ether oxygens (including phenoxy) is 1. The number of amides is 1. The van der Waals surface area contributed by atoms with Gasteiger partial charge in [0, 0.05) is 16.3 Å². The summed E-state index contributed by atoms with van der Waals surface area (Å²) in [4.78, 5) is 12.3. The molecule has 2 rings (SSSR count). The van der Waals surface area contributed by atoms with Gasteiger partial charge in [0.15, 0.2) is 5.11 Å². The fourth-order valence-electron chi connectivity index (χ4n) is 2.04. The van der Waals surface area contributed by atoms with Gasteiger partial charge in [-0.2, -0.15) is 0 Å². The Morgan fingerprint density at radius 3 is 2.68 bits per heavy atom. The van der Waals surface area contributed by atoms with Crippen LogP contribution in [0.3, 0.4) is 0 Å². The molecule has 132 valence electrons. The molecule has 0 aromatic heterocycles. The number of hydrogen-bond donors (Lipinski definition) is 2. The third kappa shape index (κ3) is 6.72. The lowest BCUT2D eigenvalue weighted by molar-refractivity contribution is 0.0977. The lowest BCUT2D eigenvalue weighted by atomic mass is 10.1. The van der Waals surface area contributed by atoms with Gasteiger partial charge in [-0.1, -0.05) is 37.6 Å². The molecule has 0 saturated heterocycles. The van der Waals surface area contributed by atoms with Crippen LogP contribution in [-0.2, 0) is 0 Å². The number of halogens is 1. The minimum atomic E-state index is -0.297. The van der Waals surface area contributed by atoms with Crippen LogP contribution in [0.15, 0.2) is 48.5 Å². The van der Waals surface area contributed by atoms with Crippen LogP contribution in [0, 0.1) is 5.92 Å². The molecule has 0 atom stereocenters. The van der Waals surface area contributed by atoms with Crippen molar-refractivity contribution < 1.29 is 9.53 Å². The van der Waals surface area contributed by atoms with Gasteiger partial charge in [0.05, 0.1) is 6.61 Å². The van der Waals surface area contributed by atoms with E-state index < -0.39 is 0 Å². The van der Waals surface area contributed by atoms with E-state index in [-0.39, 0.29) is 11.0 Å². The molecule has 0 fully saturated rings. The predicted molar refractivity (Wildman–Crippen MR) is 107 cm³/mol. The van der Waals surface area contributed by atoms with Crippen molar-refractivity contribution in [3.8, 4) is 5.75 Å². The molecule has 0 unspecified atom stereocenters. The summed E-state index contributed by atoms with van der Waals surface area (Å²) in [6.45, 7) is 4.90. The van der Waals surface area contributed by atoms with Crippen LogP contribution in [0.5, 0.6) is 5.75 Å².